The van der Waals surface area contributed by atoms with Gasteiger partial charge in [0.15, 0.2) is 0 Å². The topological polar surface area (TPSA) is 21.3 Å². The molecule has 2 rings (SSSR count). The molecule has 0 aliphatic heterocycles. The number of fused-ring (bicyclic) bond motifs is 1. The van der Waals surface area contributed by atoms with Crippen LogP contribution < -0.4 is 5.32 Å². The van der Waals surface area contributed by atoms with E-state index in [0.717, 1.165) is 26.1 Å². The maximum absolute atomic E-state index is 5.05. The van der Waals surface area contributed by atoms with E-state index in [1.165, 1.54) is 29.2 Å². The molecule has 0 aliphatic rings. The van der Waals surface area contributed by atoms with Crippen molar-refractivity contribution in [2.24, 2.45) is 0 Å². The number of benzene rings is 2. The SMILES string of the molecule is COCCCCCNCc1cccc2ccccc12. The van der Waals surface area contributed by atoms with Gasteiger partial charge in [0.1, 0.15) is 0 Å². The summed E-state index contributed by atoms with van der Waals surface area (Å²) in [6, 6.07) is 15.1. The summed E-state index contributed by atoms with van der Waals surface area (Å²) in [6.45, 7) is 2.90. The number of rotatable bonds is 8. The first-order valence-corrected chi connectivity index (χ1v) is 7.08. The summed E-state index contributed by atoms with van der Waals surface area (Å²) < 4.78 is 5.05. The van der Waals surface area contributed by atoms with E-state index in [0.29, 0.717) is 0 Å². The van der Waals surface area contributed by atoms with Gasteiger partial charge in [-0.2, -0.15) is 0 Å². The molecule has 2 nitrogen and oxygen atoms in total. The molecule has 0 spiro atoms. The van der Waals surface area contributed by atoms with Gasteiger partial charge < -0.3 is 10.1 Å². The van der Waals surface area contributed by atoms with Gasteiger partial charge in [0, 0.05) is 20.3 Å². The van der Waals surface area contributed by atoms with Crippen molar-refractivity contribution in [2.75, 3.05) is 20.3 Å². The molecule has 0 unspecified atom stereocenters. The monoisotopic (exact) mass is 257 g/mol. The summed E-state index contributed by atoms with van der Waals surface area (Å²) in [5.74, 6) is 0. The van der Waals surface area contributed by atoms with Gasteiger partial charge in [0.2, 0.25) is 0 Å². The number of ether oxygens (including phenoxy) is 1. The summed E-state index contributed by atoms with van der Waals surface area (Å²) in [4.78, 5) is 0. The minimum absolute atomic E-state index is 0.878. The van der Waals surface area contributed by atoms with Crippen molar-refractivity contribution in [3.63, 3.8) is 0 Å². The van der Waals surface area contributed by atoms with Crippen LogP contribution in [0.25, 0.3) is 10.8 Å². The van der Waals surface area contributed by atoms with Crippen LogP contribution in [0.1, 0.15) is 24.8 Å². The Labute approximate surface area is 115 Å². The number of hydrogen-bond acceptors (Lipinski definition) is 2. The second-order valence-corrected chi connectivity index (χ2v) is 4.87. The number of methoxy groups -OCH3 is 1. The van der Waals surface area contributed by atoms with Crippen molar-refractivity contribution in [2.45, 2.75) is 25.8 Å². The Morgan fingerprint density at radius 3 is 2.68 bits per heavy atom. The third-order valence-electron chi connectivity index (χ3n) is 3.40. The van der Waals surface area contributed by atoms with Gasteiger partial charge in [-0.3, -0.25) is 0 Å². The first-order chi connectivity index (χ1) is 9.42. The minimum atomic E-state index is 0.878. The van der Waals surface area contributed by atoms with Gasteiger partial charge in [-0.25, -0.2) is 0 Å². The van der Waals surface area contributed by atoms with E-state index in [1.54, 1.807) is 7.11 Å². The molecule has 0 saturated carbocycles. The molecular weight excluding hydrogens is 234 g/mol. The molecule has 0 amide bonds. The first-order valence-electron chi connectivity index (χ1n) is 7.08. The molecule has 0 atom stereocenters. The molecule has 0 heterocycles. The van der Waals surface area contributed by atoms with E-state index in [2.05, 4.69) is 47.8 Å². The molecule has 2 aromatic rings. The highest BCUT2D eigenvalue weighted by Crippen LogP contribution is 2.18. The van der Waals surface area contributed by atoms with Gasteiger partial charge in [0.05, 0.1) is 0 Å². The van der Waals surface area contributed by atoms with Gasteiger partial charge >= 0.3 is 0 Å². The zero-order valence-corrected chi connectivity index (χ0v) is 11.7. The van der Waals surface area contributed by atoms with Crippen LogP contribution in [0.15, 0.2) is 42.5 Å². The summed E-state index contributed by atoms with van der Waals surface area (Å²) in [5.41, 5.74) is 1.38. The molecule has 2 heteroatoms. The Morgan fingerprint density at radius 1 is 0.947 bits per heavy atom. The van der Waals surface area contributed by atoms with Crippen LogP contribution >= 0.6 is 0 Å². The van der Waals surface area contributed by atoms with Crippen molar-refractivity contribution in [3.8, 4) is 0 Å². The van der Waals surface area contributed by atoms with Crippen molar-refractivity contribution in [1.29, 1.82) is 0 Å². The average Bonchev–Trinajstić information content (AvgIpc) is 2.46. The lowest BCUT2D eigenvalue weighted by atomic mass is 10.0. The maximum atomic E-state index is 5.05. The summed E-state index contributed by atoms with van der Waals surface area (Å²) >= 11 is 0. The van der Waals surface area contributed by atoms with E-state index < -0.39 is 0 Å². The Morgan fingerprint density at radius 2 is 1.79 bits per heavy atom. The molecule has 0 fully saturated rings. The minimum Gasteiger partial charge on any atom is -0.385 e. The molecule has 19 heavy (non-hydrogen) atoms. The molecule has 1 N–H and O–H groups in total. The van der Waals surface area contributed by atoms with Crippen LogP contribution in [-0.4, -0.2) is 20.3 Å². The molecule has 0 radical (unpaired) electrons. The van der Waals surface area contributed by atoms with Crippen LogP contribution in [0.5, 0.6) is 0 Å². The molecule has 102 valence electrons. The van der Waals surface area contributed by atoms with Gasteiger partial charge in [-0.1, -0.05) is 42.5 Å². The highest BCUT2D eigenvalue weighted by Gasteiger charge is 1.99. The Hall–Kier alpha value is -1.38. The second kappa shape index (κ2) is 7.93. The fourth-order valence-corrected chi connectivity index (χ4v) is 2.34. The average molecular weight is 257 g/mol. The zero-order valence-electron chi connectivity index (χ0n) is 11.7. The van der Waals surface area contributed by atoms with Crippen LogP contribution in [0.3, 0.4) is 0 Å². The highest BCUT2D eigenvalue weighted by atomic mass is 16.5. The van der Waals surface area contributed by atoms with Gasteiger partial charge in [-0.15, -0.1) is 0 Å². The molecular formula is C17H23NO. The Balaban J connectivity index is 1.78. The predicted molar refractivity (Wildman–Crippen MR) is 81.4 cm³/mol. The number of hydrogen-bond donors (Lipinski definition) is 1. The van der Waals surface area contributed by atoms with Crippen molar-refractivity contribution < 1.29 is 4.74 Å². The van der Waals surface area contributed by atoms with Crippen LogP contribution in [0.2, 0.25) is 0 Å². The molecule has 2 aromatic carbocycles. The normalized spacial score (nSPS) is 11.0. The van der Waals surface area contributed by atoms with E-state index in [1.807, 2.05) is 0 Å². The molecule has 0 aromatic heterocycles. The fraction of sp³-hybridized carbons (Fsp3) is 0.412. The van der Waals surface area contributed by atoms with E-state index in [9.17, 15) is 0 Å². The molecule has 0 saturated heterocycles. The summed E-state index contributed by atoms with van der Waals surface area (Å²) in [5, 5.41) is 6.21. The lowest BCUT2D eigenvalue weighted by molar-refractivity contribution is 0.192. The number of nitrogens with one attached hydrogen (secondary N) is 1. The highest BCUT2D eigenvalue weighted by molar-refractivity contribution is 5.85. The standard InChI is InChI=1S/C17H23NO/c1-19-13-6-2-5-12-18-14-16-10-7-9-15-8-3-4-11-17(15)16/h3-4,7-11,18H,2,5-6,12-14H2,1H3. The summed E-state index contributed by atoms with van der Waals surface area (Å²) in [7, 11) is 1.76. The Bertz CT molecular complexity index is 490. The van der Waals surface area contributed by atoms with Crippen LogP contribution in [-0.2, 0) is 11.3 Å². The van der Waals surface area contributed by atoms with E-state index in [4.69, 9.17) is 4.74 Å². The zero-order chi connectivity index (χ0) is 13.3. The lowest BCUT2D eigenvalue weighted by Gasteiger charge is -2.08. The largest absolute Gasteiger partial charge is 0.385 e. The third-order valence-corrected chi connectivity index (χ3v) is 3.40. The van der Waals surface area contributed by atoms with Gasteiger partial charge in [-0.05, 0) is 42.1 Å². The lowest BCUT2D eigenvalue weighted by Crippen LogP contribution is -2.15. The van der Waals surface area contributed by atoms with Crippen molar-refractivity contribution in [3.05, 3.63) is 48.0 Å². The van der Waals surface area contributed by atoms with Crippen molar-refractivity contribution in [1.82, 2.24) is 5.32 Å². The van der Waals surface area contributed by atoms with Crippen LogP contribution in [0, 0.1) is 0 Å². The third kappa shape index (κ3) is 4.34. The number of unbranched alkanes of at least 4 members (excludes halogenated alkanes) is 2. The maximum Gasteiger partial charge on any atom is 0.0462 e. The van der Waals surface area contributed by atoms with E-state index in [-0.39, 0.29) is 0 Å². The van der Waals surface area contributed by atoms with Crippen molar-refractivity contribution >= 4 is 10.8 Å². The van der Waals surface area contributed by atoms with Gasteiger partial charge in [0.25, 0.3) is 0 Å². The quantitative estimate of drug-likeness (QED) is 0.727. The first kappa shape index (κ1) is 14.0. The van der Waals surface area contributed by atoms with Crippen LogP contribution in [0.4, 0.5) is 0 Å². The Kier molecular flexibility index (Phi) is 5.86. The molecule has 0 aliphatic carbocycles. The smallest absolute Gasteiger partial charge is 0.0462 e. The van der Waals surface area contributed by atoms with E-state index >= 15 is 0 Å². The predicted octanol–water partition coefficient (Wildman–Crippen LogP) is 3.75. The molecule has 0 bridgehead atoms. The summed E-state index contributed by atoms with van der Waals surface area (Å²) in [6.07, 6.45) is 3.61. The fourth-order valence-electron chi connectivity index (χ4n) is 2.34. The second-order valence-electron chi connectivity index (χ2n) is 4.87.